The number of carbonyl (C=O) groups excluding carboxylic acids is 1. The molecule has 4 heteroatoms. The van der Waals surface area contributed by atoms with Crippen LogP contribution in [0.25, 0.3) is 0 Å². The predicted octanol–water partition coefficient (Wildman–Crippen LogP) is 4.06. The Morgan fingerprint density at radius 2 is 2.04 bits per heavy atom. The number of benzene rings is 2. The van der Waals surface area contributed by atoms with Gasteiger partial charge < -0.3 is 10.1 Å². The van der Waals surface area contributed by atoms with Crippen LogP contribution in [0.3, 0.4) is 0 Å². The lowest BCUT2D eigenvalue weighted by molar-refractivity contribution is -0.121. The van der Waals surface area contributed by atoms with Crippen molar-refractivity contribution in [1.82, 2.24) is 5.32 Å². The molecule has 0 fully saturated rings. The van der Waals surface area contributed by atoms with Crippen LogP contribution in [0.5, 0.6) is 5.75 Å². The van der Waals surface area contributed by atoms with E-state index in [0.717, 1.165) is 41.5 Å². The fourth-order valence-corrected chi connectivity index (χ4v) is 3.83. The molecule has 1 amide bonds. The maximum absolute atomic E-state index is 12.3. The Hall–Kier alpha value is -1.81. The highest BCUT2D eigenvalue weighted by molar-refractivity contribution is 9.10. The maximum atomic E-state index is 12.3. The topological polar surface area (TPSA) is 38.3 Å². The summed E-state index contributed by atoms with van der Waals surface area (Å²) in [6.07, 6.45) is 4.26. The number of amides is 1. The fourth-order valence-electron chi connectivity index (χ4n) is 3.24. The summed E-state index contributed by atoms with van der Waals surface area (Å²) in [5.41, 5.74) is 3.92. The van der Waals surface area contributed by atoms with Crippen molar-refractivity contribution in [1.29, 1.82) is 0 Å². The Bertz CT molecular complexity index is 729. The van der Waals surface area contributed by atoms with Crippen LogP contribution in [-0.2, 0) is 24.1 Å². The highest BCUT2D eigenvalue weighted by Crippen LogP contribution is 2.26. The first-order chi connectivity index (χ1) is 11.7. The van der Waals surface area contributed by atoms with Crippen LogP contribution < -0.4 is 10.1 Å². The Balaban J connectivity index is 1.51. The molecule has 3 nitrogen and oxygen atoms in total. The van der Waals surface area contributed by atoms with Crippen LogP contribution >= 0.6 is 15.9 Å². The van der Waals surface area contributed by atoms with Crippen LogP contribution in [0, 0.1) is 0 Å². The third kappa shape index (κ3) is 4.18. The van der Waals surface area contributed by atoms with Gasteiger partial charge in [-0.1, -0.05) is 30.3 Å². The molecule has 2 aromatic carbocycles. The van der Waals surface area contributed by atoms with E-state index in [1.807, 2.05) is 18.2 Å². The monoisotopic (exact) mass is 387 g/mol. The van der Waals surface area contributed by atoms with Gasteiger partial charge in [0.05, 0.1) is 11.6 Å². The van der Waals surface area contributed by atoms with Gasteiger partial charge in [0.25, 0.3) is 0 Å². The van der Waals surface area contributed by atoms with Gasteiger partial charge in [-0.3, -0.25) is 4.79 Å². The van der Waals surface area contributed by atoms with E-state index < -0.39 is 0 Å². The maximum Gasteiger partial charge on any atom is 0.220 e. The van der Waals surface area contributed by atoms with Crippen LogP contribution in [0.15, 0.2) is 46.9 Å². The summed E-state index contributed by atoms with van der Waals surface area (Å²) in [5, 5.41) is 3.19. The van der Waals surface area contributed by atoms with Crippen molar-refractivity contribution >= 4 is 21.8 Å². The van der Waals surface area contributed by atoms with Crippen molar-refractivity contribution in [3.8, 4) is 5.75 Å². The minimum Gasteiger partial charge on any atom is -0.496 e. The lowest BCUT2D eigenvalue weighted by Gasteiger charge is -2.25. The number of nitrogens with one attached hydrogen (secondary N) is 1. The number of hydrogen-bond acceptors (Lipinski definition) is 2. The molecule has 24 heavy (non-hydrogen) atoms. The highest BCUT2D eigenvalue weighted by Gasteiger charge is 2.19. The van der Waals surface area contributed by atoms with E-state index >= 15 is 0 Å². The SMILES string of the molecule is COc1ccc(CCC(=O)NC2CCc3ccccc3C2)cc1Br. The third-order valence-electron chi connectivity index (χ3n) is 4.57. The van der Waals surface area contributed by atoms with Gasteiger partial charge in [-0.2, -0.15) is 0 Å². The number of carbonyl (C=O) groups is 1. The van der Waals surface area contributed by atoms with E-state index in [9.17, 15) is 4.79 Å². The minimum atomic E-state index is 0.131. The van der Waals surface area contributed by atoms with Gasteiger partial charge in [-0.25, -0.2) is 0 Å². The molecule has 0 radical (unpaired) electrons. The molecule has 0 heterocycles. The highest BCUT2D eigenvalue weighted by atomic mass is 79.9. The molecule has 126 valence electrons. The van der Waals surface area contributed by atoms with Gasteiger partial charge in [-0.15, -0.1) is 0 Å². The molecule has 0 aromatic heterocycles. The summed E-state index contributed by atoms with van der Waals surface area (Å²) < 4.78 is 6.15. The second kappa shape index (κ2) is 7.84. The van der Waals surface area contributed by atoms with Gasteiger partial charge >= 0.3 is 0 Å². The molecule has 1 unspecified atom stereocenters. The molecule has 0 bridgehead atoms. The second-order valence-electron chi connectivity index (χ2n) is 6.24. The summed E-state index contributed by atoms with van der Waals surface area (Å²) in [7, 11) is 1.65. The molecule has 0 aliphatic heterocycles. The van der Waals surface area contributed by atoms with Crippen molar-refractivity contribution < 1.29 is 9.53 Å². The summed E-state index contributed by atoms with van der Waals surface area (Å²) in [5.74, 6) is 0.940. The Morgan fingerprint density at radius 1 is 1.25 bits per heavy atom. The molecule has 1 aliphatic rings. The first-order valence-electron chi connectivity index (χ1n) is 8.34. The summed E-state index contributed by atoms with van der Waals surface area (Å²) in [6, 6.07) is 14.7. The molecule has 1 atom stereocenters. The number of aryl methyl sites for hydroxylation is 2. The number of ether oxygens (including phenoxy) is 1. The standard InChI is InChI=1S/C20H22BrNO2/c1-24-19-10-6-14(12-18(19)21)7-11-20(23)22-17-9-8-15-4-2-3-5-16(15)13-17/h2-6,10,12,17H,7-9,11,13H2,1H3,(H,22,23). The zero-order chi connectivity index (χ0) is 16.9. The van der Waals surface area contributed by atoms with E-state index in [1.54, 1.807) is 7.11 Å². The summed E-state index contributed by atoms with van der Waals surface area (Å²) in [4.78, 5) is 12.3. The normalized spacial score (nSPS) is 16.3. The van der Waals surface area contributed by atoms with E-state index in [2.05, 4.69) is 45.5 Å². The van der Waals surface area contributed by atoms with E-state index in [-0.39, 0.29) is 11.9 Å². The number of rotatable bonds is 5. The molecule has 0 saturated heterocycles. The first kappa shape index (κ1) is 17.0. The molecule has 1 N–H and O–H groups in total. The van der Waals surface area contributed by atoms with Gasteiger partial charge in [0.2, 0.25) is 5.91 Å². The molecule has 2 aromatic rings. The zero-order valence-corrected chi connectivity index (χ0v) is 15.4. The Morgan fingerprint density at radius 3 is 2.79 bits per heavy atom. The van der Waals surface area contributed by atoms with Crippen LogP contribution in [0.2, 0.25) is 0 Å². The summed E-state index contributed by atoms with van der Waals surface area (Å²) >= 11 is 3.48. The average Bonchev–Trinajstić information content (AvgIpc) is 2.60. The molecule has 3 rings (SSSR count). The smallest absolute Gasteiger partial charge is 0.220 e. The number of halogens is 1. The van der Waals surface area contributed by atoms with Crippen LogP contribution in [0.1, 0.15) is 29.5 Å². The van der Waals surface area contributed by atoms with Gasteiger partial charge in [0, 0.05) is 12.5 Å². The lowest BCUT2D eigenvalue weighted by Crippen LogP contribution is -2.38. The van der Waals surface area contributed by atoms with Crippen LogP contribution in [0.4, 0.5) is 0 Å². The van der Waals surface area contributed by atoms with Gasteiger partial charge in [-0.05, 0) is 70.4 Å². The van der Waals surface area contributed by atoms with E-state index in [4.69, 9.17) is 4.74 Å². The minimum absolute atomic E-state index is 0.131. The number of hydrogen-bond donors (Lipinski definition) is 1. The van der Waals surface area contributed by atoms with Gasteiger partial charge in [0.1, 0.15) is 5.75 Å². The van der Waals surface area contributed by atoms with Crippen molar-refractivity contribution in [3.63, 3.8) is 0 Å². The van der Waals surface area contributed by atoms with Crippen molar-refractivity contribution in [2.75, 3.05) is 7.11 Å². The zero-order valence-electron chi connectivity index (χ0n) is 13.8. The molecule has 1 aliphatic carbocycles. The number of methoxy groups -OCH3 is 1. The third-order valence-corrected chi connectivity index (χ3v) is 5.19. The first-order valence-corrected chi connectivity index (χ1v) is 9.13. The molecule has 0 spiro atoms. The second-order valence-corrected chi connectivity index (χ2v) is 7.10. The van der Waals surface area contributed by atoms with Gasteiger partial charge in [0.15, 0.2) is 0 Å². The Kier molecular flexibility index (Phi) is 5.56. The van der Waals surface area contributed by atoms with Crippen LogP contribution in [-0.4, -0.2) is 19.1 Å². The van der Waals surface area contributed by atoms with E-state index in [0.29, 0.717) is 6.42 Å². The van der Waals surface area contributed by atoms with Crippen molar-refractivity contribution in [2.24, 2.45) is 0 Å². The Labute approximate surface area is 151 Å². The average molecular weight is 388 g/mol. The van der Waals surface area contributed by atoms with Crippen molar-refractivity contribution in [3.05, 3.63) is 63.6 Å². The summed E-state index contributed by atoms with van der Waals surface area (Å²) in [6.45, 7) is 0. The fraction of sp³-hybridized carbons (Fsp3) is 0.350. The predicted molar refractivity (Wildman–Crippen MR) is 99.4 cm³/mol. The largest absolute Gasteiger partial charge is 0.496 e. The van der Waals surface area contributed by atoms with E-state index in [1.165, 1.54) is 11.1 Å². The lowest BCUT2D eigenvalue weighted by atomic mass is 9.88. The molecule has 0 saturated carbocycles. The molecular formula is C20H22BrNO2. The number of fused-ring (bicyclic) bond motifs is 1. The van der Waals surface area contributed by atoms with Crippen molar-refractivity contribution in [2.45, 2.75) is 38.1 Å². The molecular weight excluding hydrogens is 366 g/mol. The quantitative estimate of drug-likeness (QED) is 0.839.